The third-order valence-corrected chi connectivity index (χ3v) is 7.35. The van der Waals surface area contributed by atoms with Crippen molar-refractivity contribution in [1.82, 2.24) is 14.1 Å². The summed E-state index contributed by atoms with van der Waals surface area (Å²) in [6.45, 7) is 0.433. The lowest BCUT2D eigenvalue weighted by atomic mass is 10.1. The molecule has 0 spiro atoms. The van der Waals surface area contributed by atoms with E-state index in [0.717, 1.165) is 16.4 Å². The normalized spacial score (nSPS) is 21.7. The maximum atomic E-state index is 13.0. The molecule has 0 radical (unpaired) electrons. The molecule has 1 unspecified atom stereocenters. The zero-order valence-electron chi connectivity index (χ0n) is 15.4. The second kappa shape index (κ2) is 7.77. The van der Waals surface area contributed by atoms with Crippen molar-refractivity contribution in [2.45, 2.75) is 17.5 Å². The predicted octanol–water partition coefficient (Wildman–Crippen LogP) is 1.67. The van der Waals surface area contributed by atoms with Gasteiger partial charge in [-0.15, -0.1) is 0 Å². The summed E-state index contributed by atoms with van der Waals surface area (Å²) in [5.41, 5.74) is -1.22. The molecule has 3 rings (SSSR count). The quantitative estimate of drug-likeness (QED) is 0.697. The van der Waals surface area contributed by atoms with Gasteiger partial charge in [0.15, 0.2) is 0 Å². The van der Waals surface area contributed by atoms with Crippen molar-refractivity contribution >= 4 is 33.4 Å². The molecule has 2 heterocycles. The van der Waals surface area contributed by atoms with Gasteiger partial charge in [-0.3, -0.25) is 9.59 Å². The highest BCUT2D eigenvalue weighted by Gasteiger charge is 2.38. The van der Waals surface area contributed by atoms with E-state index in [9.17, 15) is 31.2 Å². The number of piperazine rings is 1. The van der Waals surface area contributed by atoms with E-state index >= 15 is 0 Å². The number of carbonyl (C=O) groups is 2. The number of rotatable bonds is 3. The largest absolute Gasteiger partial charge is 0.417 e. The summed E-state index contributed by atoms with van der Waals surface area (Å²) in [5.74, 6) is -0.792. The van der Waals surface area contributed by atoms with E-state index in [4.69, 9.17) is 11.6 Å². The molecule has 7 nitrogen and oxygen atoms in total. The lowest BCUT2D eigenvalue weighted by molar-refractivity contribution is -0.138. The van der Waals surface area contributed by atoms with Crippen molar-refractivity contribution in [3.63, 3.8) is 0 Å². The fourth-order valence-electron chi connectivity index (χ4n) is 3.47. The van der Waals surface area contributed by atoms with Gasteiger partial charge in [-0.25, -0.2) is 8.42 Å². The highest BCUT2D eigenvalue weighted by atomic mass is 35.5. The number of amides is 2. The van der Waals surface area contributed by atoms with Gasteiger partial charge in [-0.1, -0.05) is 11.6 Å². The molecule has 2 amide bonds. The smallest absolute Gasteiger partial charge is 0.345 e. The van der Waals surface area contributed by atoms with Crippen LogP contribution in [0.5, 0.6) is 0 Å². The molecule has 1 aromatic rings. The number of carbonyl (C=O) groups excluding carboxylic acids is 2. The Morgan fingerprint density at radius 1 is 1.17 bits per heavy atom. The SMILES string of the molecule is CN1CC(C(=O)N2CCN(S(=O)(=O)c3ccc(Cl)c(C(F)(F)F)c3)CC2)CC1=O. The molecule has 29 heavy (non-hydrogen) atoms. The lowest BCUT2D eigenvalue weighted by Crippen LogP contribution is -2.52. The van der Waals surface area contributed by atoms with Crippen LogP contribution in [0.3, 0.4) is 0 Å². The van der Waals surface area contributed by atoms with Crippen molar-refractivity contribution in [1.29, 1.82) is 0 Å². The molecule has 0 bridgehead atoms. The maximum Gasteiger partial charge on any atom is 0.417 e. The van der Waals surface area contributed by atoms with Gasteiger partial charge < -0.3 is 9.80 Å². The summed E-state index contributed by atoms with van der Waals surface area (Å²) in [4.78, 5) is 26.6. The molecular weight excluding hydrogens is 435 g/mol. The number of likely N-dealkylation sites (tertiary alicyclic amines) is 1. The molecule has 0 saturated carbocycles. The van der Waals surface area contributed by atoms with Crippen LogP contribution in [-0.4, -0.2) is 74.1 Å². The van der Waals surface area contributed by atoms with Crippen molar-refractivity contribution < 1.29 is 31.2 Å². The Labute approximate surface area is 171 Å². The Hall–Kier alpha value is -1.85. The topological polar surface area (TPSA) is 78.0 Å². The Balaban J connectivity index is 1.70. The van der Waals surface area contributed by atoms with E-state index in [0.29, 0.717) is 12.6 Å². The molecule has 160 valence electrons. The second-order valence-electron chi connectivity index (χ2n) is 7.04. The summed E-state index contributed by atoms with van der Waals surface area (Å²) < 4.78 is 65.7. The molecule has 0 aliphatic carbocycles. The number of hydrogen-bond donors (Lipinski definition) is 0. The average Bonchev–Trinajstić information content (AvgIpc) is 2.99. The molecule has 0 N–H and O–H groups in total. The lowest BCUT2D eigenvalue weighted by Gasteiger charge is -2.35. The first kappa shape index (κ1) is 21.8. The Kier molecular flexibility index (Phi) is 5.85. The fraction of sp³-hybridized carbons (Fsp3) is 0.529. The Morgan fingerprint density at radius 2 is 1.79 bits per heavy atom. The zero-order valence-corrected chi connectivity index (χ0v) is 17.0. The monoisotopic (exact) mass is 453 g/mol. The Bertz CT molecular complexity index is 930. The first-order valence-corrected chi connectivity index (χ1v) is 10.6. The first-order chi connectivity index (χ1) is 13.4. The summed E-state index contributed by atoms with van der Waals surface area (Å²) in [7, 11) is -2.56. The highest BCUT2D eigenvalue weighted by Crippen LogP contribution is 2.36. The van der Waals surface area contributed by atoms with Gasteiger partial charge in [0, 0.05) is 46.2 Å². The van der Waals surface area contributed by atoms with E-state index in [1.165, 1.54) is 9.80 Å². The maximum absolute atomic E-state index is 13.0. The number of benzene rings is 1. The van der Waals surface area contributed by atoms with Crippen LogP contribution in [0, 0.1) is 5.92 Å². The summed E-state index contributed by atoms with van der Waals surface area (Å²) in [6.07, 6.45) is -4.65. The highest BCUT2D eigenvalue weighted by molar-refractivity contribution is 7.89. The second-order valence-corrected chi connectivity index (χ2v) is 9.39. The van der Waals surface area contributed by atoms with Gasteiger partial charge >= 0.3 is 6.18 Å². The minimum atomic E-state index is -4.78. The first-order valence-electron chi connectivity index (χ1n) is 8.81. The molecule has 2 saturated heterocycles. The number of alkyl halides is 3. The van der Waals surface area contributed by atoms with Crippen LogP contribution in [-0.2, 0) is 25.8 Å². The van der Waals surface area contributed by atoms with Crippen LogP contribution in [0.25, 0.3) is 0 Å². The number of halogens is 4. The minimum absolute atomic E-state index is 0.0471. The van der Waals surface area contributed by atoms with Crippen molar-refractivity contribution in [3.8, 4) is 0 Å². The molecule has 2 fully saturated rings. The van der Waals surface area contributed by atoms with Gasteiger partial charge in [-0.2, -0.15) is 17.5 Å². The number of nitrogens with zero attached hydrogens (tertiary/aromatic N) is 3. The van der Waals surface area contributed by atoms with Gasteiger partial charge in [-0.05, 0) is 18.2 Å². The van der Waals surface area contributed by atoms with E-state index in [2.05, 4.69) is 0 Å². The third-order valence-electron chi connectivity index (χ3n) is 5.12. The van der Waals surface area contributed by atoms with E-state index in [1.54, 1.807) is 7.05 Å². The fourth-order valence-corrected chi connectivity index (χ4v) is 5.14. The van der Waals surface area contributed by atoms with Crippen molar-refractivity contribution in [3.05, 3.63) is 28.8 Å². The molecule has 2 aliphatic heterocycles. The van der Waals surface area contributed by atoms with E-state index in [-0.39, 0.29) is 44.4 Å². The average molecular weight is 454 g/mol. The van der Waals surface area contributed by atoms with Gasteiger partial charge in [0.1, 0.15) is 0 Å². The van der Waals surface area contributed by atoms with Crippen LogP contribution in [0.1, 0.15) is 12.0 Å². The summed E-state index contributed by atoms with van der Waals surface area (Å²) in [5, 5.41) is -0.581. The molecule has 1 atom stereocenters. The van der Waals surface area contributed by atoms with Gasteiger partial charge in [0.25, 0.3) is 0 Å². The van der Waals surface area contributed by atoms with Crippen molar-refractivity contribution in [2.24, 2.45) is 5.92 Å². The summed E-state index contributed by atoms with van der Waals surface area (Å²) in [6, 6.07) is 2.46. The molecule has 12 heteroatoms. The van der Waals surface area contributed by atoms with Gasteiger partial charge in [0.05, 0.1) is 21.4 Å². The minimum Gasteiger partial charge on any atom is -0.345 e. The van der Waals surface area contributed by atoms with Crippen LogP contribution in [0.4, 0.5) is 13.2 Å². The molecule has 1 aromatic carbocycles. The predicted molar refractivity (Wildman–Crippen MR) is 97.5 cm³/mol. The molecular formula is C17H19ClF3N3O4S. The van der Waals surface area contributed by atoms with E-state index < -0.39 is 37.6 Å². The Morgan fingerprint density at radius 3 is 2.31 bits per heavy atom. The van der Waals surface area contributed by atoms with Crippen molar-refractivity contribution in [2.75, 3.05) is 39.8 Å². The molecule has 2 aliphatic rings. The molecule has 0 aromatic heterocycles. The summed E-state index contributed by atoms with van der Waals surface area (Å²) >= 11 is 5.55. The zero-order chi connectivity index (χ0) is 21.6. The van der Waals surface area contributed by atoms with Crippen LogP contribution < -0.4 is 0 Å². The number of sulfonamides is 1. The van der Waals surface area contributed by atoms with E-state index in [1.807, 2.05) is 0 Å². The third kappa shape index (κ3) is 4.36. The van der Waals surface area contributed by atoms with Crippen LogP contribution >= 0.6 is 11.6 Å². The standard InChI is InChI=1S/C17H19ClF3N3O4S/c1-22-10-11(8-15(22)25)16(26)23-4-6-24(7-5-23)29(27,28)12-2-3-14(18)13(9-12)17(19,20)21/h2-3,9,11H,4-8,10H2,1H3. The van der Waals surface area contributed by atoms with Gasteiger partial charge in [0.2, 0.25) is 21.8 Å². The number of hydrogen-bond acceptors (Lipinski definition) is 4. The van der Waals surface area contributed by atoms with Crippen LogP contribution in [0.15, 0.2) is 23.1 Å². The van der Waals surface area contributed by atoms with Crippen LogP contribution in [0.2, 0.25) is 5.02 Å².